The van der Waals surface area contributed by atoms with Gasteiger partial charge in [-0.15, -0.1) is 0 Å². The van der Waals surface area contributed by atoms with E-state index in [1.54, 1.807) is 18.2 Å². The van der Waals surface area contributed by atoms with E-state index in [-0.39, 0.29) is 23.8 Å². The van der Waals surface area contributed by atoms with Crippen LogP contribution in [0.3, 0.4) is 0 Å². The summed E-state index contributed by atoms with van der Waals surface area (Å²) >= 11 is 6.14. The van der Waals surface area contributed by atoms with Crippen LogP contribution in [-0.4, -0.2) is 25.5 Å². The summed E-state index contributed by atoms with van der Waals surface area (Å²) in [5, 5.41) is 5.93. The van der Waals surface area contributed by atoms with Crippen molar-refractivity contribution in [3.8, 4) is 0 Å². The number of amides is 2. The van der Waals surface area contributed by atoms with Crippen LogP contribution < -0.4 is 10.6 Å². The molecule has 0 aliphatic heterocycles. The molecule has 1 fully saturated rings. The molecule has 0 saturated heterocycles. The molecule has 2 rings (SSSR count). The molecule has 1 saturated carbocycles. The molecule has 0 unspecified atom stereocenters. The van der Waals surface area contributed by atoms with Gasteiger partial charge in [0, 0.05) is 18.2 Å². The van der Waals surface area contributed by atoms with Crippen molar-refractivity contribution in [3.63, 3.8) is 0 Å². The van der Waals surface area contributed by atoms with Gasteiger partial charge in [-0.1, -0.05) is 31.4 Å². The molecule has 0 heterocycles. The molecule has 1 aliphatic carbocycles. The highest BCUT2D eigenvalue weighted by atomic mass is 35.5. The van der Waals surface area contributed by atoms with E-state index in [1.807, 2.05) is 6.92 Å². The number of anilines is 2. The van der Waals surface area contributed by atoms with E-state index in [0.717, 1.165) is 25.7 Å². The molecular formula is C16H21ClN2O3. The topological polar surface area (TPSA) is 67.4 Å². The van der Waals surface area contributed by atoms with E-state index >= 15 is 0 Å². The van der Waals surface area contributed by atoms with Crippen molar-refractivity contribution < 1.29 is 14.3 Å². The quantitative estimate of drug-likeness (QED) is 0.871. The minimum atomic E-state index is -0.294. The maximum Gasteiger partial charge on any atom is 0.250 e. The van der Waals surface area contributed by atoms with Crippen molar-refractivity contribution in [1.82, 2.24) is 0 Å². The minimum Gasteiger partial charge on any atom is -0.375 e. The first-order valence-corrected chi connectivity index (χ1v) is 7.72. The molecule has 6 heteroatoms. The number of rotatable bonds is 5. The first kappa shape index (κ1) is 16.8. The number of benzene rings is 1. The summed E-state index contributed by atoms with van der Waals surface area (Å²) in [6, 6.07) is 5.03. The van der Waals surface area contributed by atoms with Gasteiger partial charge in [-0.3, -0.25) is 9.59 Å². The van der Waals surface area contributed by atoms with Crippen molar-refractivity contribution >= 4 is 34.8 Å². The van der Waals surface area contributed by atoms with Gasteiger partial charge in [0.2, 0.25) is 11.8 Å². The second-order valence-corrected chi connectivity index (χ2v) is 6.30. The number of nitrogens with one attached hydrogen (secondary N) is 2. The summed E-state index contributed by atoms with van der Waals surface area (Å²) in [7, 11) is 1.45. The van der Waals surface area contributed by atoms with Crippen molar-refractivity contribution in [2.45, 2.75) is 32.6 Å². The van der Waals surface area contributed by atoms with Crippen molar-refractivity contribution in [2.75, 3.05) is 24.4 Å². The average molecular weight is 325 g/mol. The minimum absolute atomic E-state index is 0.0252. The van der Waals surface area contributed by atoms with Gasteiger partial charge in [-0.05, 0) is 31.0 Å². The van der Waals surface area contributed by atoms with Crippen LogP contribution in [0.1, 0.15) is 32.6 Å². The third-order valence-corrected chi connectivity index (χ3v) is 4.34. The molecule has 0 radical (unpaired) electrons. The van der Waals surface area contributed by atoms with E-state index in [0.29, 0.717) is 16.4 Å². The summed E-state index contributed by atoms with van der Waals surface area (Å²) < 4.78 is 4.75. The standard InChI is InChI=1S/C16H21ClN2O3/c1-16(7-3-4-8-16)15(21)18-11-5-6-13(12(17)9-11)19-14(20)10-22-2/h5-6,9H,3-4,7-8,10H2,1-2H3,(H,18,21)(H,19,20). The Morgan fingerprint density at radius 1 is 1.27 bits per heavy atom. The molecule has 120 valence electrons. The summed E-state index contributed by atoms with van der Waals surface area (Å²) in [6.45, 7) is 1.96. The Morgan fingerprint density at radius 3 is 2.55 bits per heavy atom. The van der Waals surface area contributed by atoms with Gasteiger partial charge in [0.15, 0.2) is 0 Å². The maximum atomic E-state index is 12.4. The zero-order valence-corrected chi connectivity index (χ0v) is 13.6. The molecule has 1 aromatic carbocycles. The Bertz CT molecular complexity index is 569. The Hall–Kier alpha value is -1.59. The zero-order chi connectivity index (χ0) is 16.2. The molecule has 22 heavy (non-hydrogen) atoms. The van der Waals surface area contributed by atoms with Crippen LogP contribution in [0.4, 0.5) is 11.4 Å². The van der Waals surface area contributed by atoms with Gasteiger partial charge in [-0.2, -0.15) is 0 Å². The molecule has 2 N–H and O–H groups in total. The largest absolute Gasteiger partial charge is 0.375 e. The van der Waals surface area contributed by atoms with Gasteiger partial charge in [-0.25, -0.2) is 0 Å². The first-order valence-electron chi connectivity index (χ1n) is 7.34. The van der Waals surface area contributed by atoms with Gasteiger partial charge in [0.25, 0.3) is 0 Å². The Labute approximate surface area is 135 Å². The number of halogens is 1. The lowest BCUT2D eigenvalue weighted by molar-refractivity contribution is -0.124. The number of methoxy groups -OCH3 is 1. The van der Waals surface area contributed by atoms with Gasteiger partial charge >= 0.3 is 0 Å². The molecule has 5 nitrogen and oxygen atoms in total. The lowest BCUT2D eigenvalue weighted by Gasteiger charge is -2.22. The first-order chi connectivity index (χ1) is 10.4. The third kappa shape index (κ3) is 3.99. The molecule has 1 aliphatic rings. The van der Waals surface area contributed by atoms with Crippen LogP contribution >= 0.6 is 11.6 Å². The summed E-state index contributed by atoms with van der Waals surface area (Å²) in [4.78, 5) is 23.8. The SMILES string of the molecule is COCC(=O)Nc1ccc(NC(=O)C2(C)CCCC2)cc1Cl. The maximum absolute atomic E-state index is 12.4. The van der Waals surface area contributed by atoms with Gasteiger partial charge < -0.3 is 15.4 Å². The number of carbonyl (C=O) groups is 2. The fourth-order valence-electron chi connectivity index (χ4n) is 2.68. The number of hydrogen-bond acceptors (Lipinski definition) is 3. The average Bonchev–Trinajstić information content (AvgIpc) is 2.90. The molecular weight excluding hydrogens is 304 g/mol. The van der Waals surface area contributed by atoms with E-state index in [1.165, 1.54) is 7.11 Å². The lowest BCUT2D eigenvalue weighted by atomic mass is 9.88. The van der Waals surface area contributed by atoms with Crippen LogP contribution in [0.15, 0.2) is 18.2 Å². The molecule has 2 amide bonds. The van der Waals surface area contributed by atoms with Crippen molar-refractivity contribution in [1.29, 1.82) is 0 Å². The highest BCUT2D eigenvalue weighted by Gasteiger charge is 2.36. The van der Waals surface area contributed by atoms with E-state index in [9.17, 15) is 9.59 Å². The summed E-state index contributed by atoms with van der Waals surface area (Å²) in [6.07, 6.45) is 4.01. The third-order valence-electron chi connectivity index (χ3n) is 4.03. The summed E-state index contributed by atoms with van der Waals surface area (Å²) in [5.41, 5.74) is 0.833. The van der Waals surface area contributed by atoms with Crippen molar-refractivity contribution in [3.05, 3.63) is 23.2 Å². The van der Waals surface area contributed by atoms with Crippen LogP contribution in [0.25, 0.3) is 0 Å². The Morgan fingerprint density at radius 2 is 1.95 bits per heavy atom. The van der Waals surface area contributed by atoms with Crippen LogP contribution in [0.5, 0.6) is 0 Å². The monoisotopic (exact) mass is 324 g/mol. The lowest BCUT2D eigenvalue weighted by Crippen LogP contribution is -2.30. The zero-order valence-electron chi connectivity index (χ0n) is 12.9. The number of carbonyl (C=O) groups excluding carboxylic acids is 2. The molecule has 0 atom stereocenters. The van der Waals surface area contributed by atoms with Gasteiger partial charge in [0.1, 0.15) is 6.61 Å². The van der Waals surface area contributed by atoms with E-state index < -0.39 is 0 Å². The second-order valence-electron chi connectivity index (χ2n) is 5.90. The fraction of sp³-hybridized carbons (Fsp3) is 0.500. The molecule has 0 bridgehead atoms. The predicted molar refractivity (Wildman–Crippen MR) is 87.2 cm³/mol. The van der Waals surface area contributed by atoms with Crippen molar-refractivity contribution in [2.24, 2.45) is 5.41 Å². The Balaban J connectivity index is 2.03. The molecule has 1 aromatic rings. The highest BCUT2D eigenvalue weighted by Crippen LogP contribution is 2.38. The van der Waals surface area contributed by atoms with Gasteiger partial charge in [0.05, 0.1) is 10.7 Å². The number of ether oxygens (including phenoxy) is 1. The summed E-state index contributed by atoms with van der Waals surface area (Å²) in [5.74, 6) is -0.253. The Kier molecular flexibility index (Phi) is 5.42. The van der Waals surface area contributed by atoms with E-state index in [4.69, 9.17) is 16.3 Å². The van der Waals surface area contributed by atoms with Crippen LogP contribution in [0, 0.1) is 5.41 Å². The number of hydrogen-bond donors (Lipinski definition) is 2. The predicted octanol–water partition coefficient (Wildman–Crippen LogP) is 3.44. The van der Waals surface area contributed by atoms with E-state index in [2.05, 4.69) is 10.6 Å². The smallest absolute Gasteiger partial charge is 0.250 e. The molecule has 0 spiro atoms. The molecule has 0 aromatic heterocycles. The van der Waals surface area contributed by atoms with Crippen LogP contribution in [0.2, 0.25) is 5.02 Å². The van der Waals surface area contributed by atoms with Crippen LogP contribution in [-0.2, 0) is 14.3 Å². The highest BCUT2D eigenvalue weighted by molar-refractivity contribution is 6.34. The fourth-order valence-corrected chi connectivity index (χ4v) is 2.90. The second kappa shape index (κ2) is 7.11. The normalized spacial score (nSPS) is 16.3.